The van der Waals surface area contributed by atoms with Crippen molar-refractivity contribution in [2.45, 2.75) is 20.0 Å². The zero-order valence-electron chi connectivity index (χ0n) is 9.77. The standard InChI is InChI=1S/C10H14N4OS2/c1-3-4-11-10-14-13-9(17-10)7-6-16-8(12-7)5-15-2/h6H,3-5H2,1-2H3,(H,11,14). The van der Waals surface area contributed by atoms with Crippen molar-refractivity contribution >= 4 is 27.8 Å². The number of methoxy groups -OCH3 is 1. The van der Waals surface area contributed by atoms with Crippen molar-refractivity contribution < 1.29 is 4.74 Å². The van der Waals surface area contributed by atoms with Gasteiger partial charge in [-0.1, -0.05) is 18.3 Å². The quantitative estimate of drug-likeness (QED) is 0.874. The topological polar surface area (TPSA) is 59.9 Å². The van der Waals surface area contributed by atoms with Gasteiger partial charge in [-0.05, 0) is 6.42 Å². The molecule has 2 aromatic rings. The second-order valence-electron chi connectivity index (χ2n) is 3.40. The second-order valence-corrected chi connectivity index (χ2v) is 5.32. The molecule has 0 amide bonds. The van der Waals surface area contributed by atoms with E-state index in [0.717, 1.165) is 33.8 Å². The van der Waals surface area contributed by atoms with Crippen LogP contribution in [-0.2, 0) is 11.3 Å². The van der Waals surface area contributed by atoms with E-state index in [1.165, 1.54) is 11.3 Å². The lowest BCUT2D eigenvalue weighted by atomic mass is 10.5. The molecule has 0 saturated carbocycles. The lowest BCUT2D eigenvalue weighted by Gasteiger charge is -1.95. The molecule has 17 heavy (non-hydrogen) atoms. The highest BCUT2D eigenvalue weighted by atomic mass is 32.1. The average Bonchev–Trinajstić information content (AvgIpc) is 2.95. The highest BCUT2D eigenvalue weighted by Crippen LogP contribution is 2.27. The van der Waals surface area contributed by atoms with Gasteiger partial charge in [0.1, 0.15) is 10.7 Å². The number of hydrogen-bond donors (Lipinski definition) is 1. The van der Waals surface area contributed by atoms with E-state index in [2.05, 4.69) is 27.4 Å². The zero-order valence-corrected chi connectivity index (χ0v) is 11.4. The summed E-state index contributed by atoms with van der Waals surface area (Å²) in [5.41, 5.74) is 0.879. The molecule has 0 radical (unpaired) electrons. The number of rotatable bonds is 6. The van der Waals surface area contributed by atoms with Gasteiger partial charge in [0.15, 0.2) is 5.01 Å². The van der Waals surface area contributed by atoms with Crippen LogP contribution >= 0.6 is 22.7 Å². The Bertz CT molecular complexity index is 468. The Labute approximate surface area is 108 Å². The van der Waals surface area contributed by atoms with Gasteiger partial charge in [0.25, 0.3) is 0 Å². The fourth-order valence-electron chi connectivity index (χ4n) is 1.23. The van der Waals surface area contributed by atoms with Crippen molar-refractivity contribution in [2.75, 3.05) is 19.0 Å². The van der Waals surface area contributed by atoms with Crippen LogP contribution in [-0.4, -0.2) is 28.8 Å². The van der Waals surface area contributed by atoms with Crippen molar-refractivity contribution in [2.24, 2.45) is 0 Å². The van der Waals surface area contributed by atoms with Crippen LogP contribution in [0.4, 0.5) is 5.13 Å². The average molecular weight is 270 g/mol. The Morgan fingerprint density at radius 3 is 3.06 bits per heavy atom. The molecule has 5 nitrogen and oxygen atoms in total. The van der Waals surface area contributed by atoms with Gasteiger partial charge < -0.3 is 10.1 Å². The SMILES string of the molecule is CCCNc1nnc(-c2csc(COC)n2)s1. The largest absolute Gasteiger partial charge is 0.378 e. The molecule has 7 heteroatoms. The molecule has 0 aliphatic rings. The molecule has 0 atom stereocenters. The van der Waals surface area contributed by atoms with E-state index >= 15 is 0 Å². The number of nitrogens with one attached hydrogen (secondary N) is 1. The van der Waals surface area contributed by atoms with Crippen molar-refractivity contribution in [1.82, 2.24) is 15.2 Å². The molecule has 0 aliphatic carbocycles. The van der Waals surface area contributed by atoms with Gasteiger partial charge >= 0.3 is 0 Å². The minimum Gasteiger partial charge on any atom is -0.378 e. The lowest BCUT2D eigenvalue weighted by Crippen LogP contribution is -1.98. The summed E-state index contributed by atoms with van der Waals surface area (Å²) in [7, 11) is 1.67. The van der Waals surface area contributed by atoms with Crippen molar-refractivity contribution in [3.63, 3.8) is 0 Å². The minimum absolute atomic E-state index is 0.546. The Morgan fingerprint density at radius 1 is 1.41 bits per heavy atom. The molecular weight excluding hydrogens is 256 g/mol. The van der Waals surface area contributed by atoms with Gasteiger partial charge in [0, 0.05) is 19.0 Å². The van der Waals surface area contributed by atoms with E-state index in [-0.39, 0.29) is 0 Å². The molecule has 2 heterocycles. The first kappa shape index (κ1) is 12.4. The molecular formula is C10H14N4OS2. The normalized spacial score (nSPS) is 10.7. The summed E-state index contributed by atoms with van der Waals surface area (Å²) in [6.07, 6.45) is 1.07. The summed E-state index contributed by atoms with van der Waals surface area (Å²) in [5.74, 6) is 0. The fourth-order valence-corrected chi connectivity index (χ4v) is 2.78. The number of nitrogens with zero attached hydrogens (tertiary/aromatic N) is 3. The van der Waals surface area contributed by atoms with Crippen LogP contribution in [0.3, 0.4) is 0 Å². The van der Waals surface area contributed by atoms with E-state index in [0.29, 0.717) is 6.61 Å². The number of ether oxygens (including phenoxy) is 1. The highest BCUT2D eigenvalue weighted by molar-refractivity contribution is 7.18. The summed E-state index contributed by atoms with van der Waals surface area (Å²) in [5, 5.41) is 16.1. The lowest BCUT2D eigenvalue weighted by molar-refractivity contribution is 0.184. The number of aromatic nitrogens is 3. The maximum absolute atomic E-state index is 5.04. The first-order chi connectivity index (χ1) is 8.33. The van der Waals surface area contributed by atoms with Crippen LogP contribution in [0.25, 0.3) is 10.7 Å². The molecule has 0 bridgehead atoms. The Balaban J connectivity index is 2.07. The second kappa shape index (κ2) is 6.04. The number of anilines is 1. The van der Waals surface area contributed by atoms with E-state index in [9.17, 15) is 0 Å². The van der Waals surface area contributed by atoms with Crippen molar-refractivity contribution in [3.8, 4) is 10.7 Å². The summed E-state index contributed by atoms with van der Waals surface area (Å²) < 4.78 is 5.04. The van der Waals surface area contributed by atoms with Gasteiger partial charge in [-0.15, -0.1) is 21.5 Å². The first-order valence-electron chi connectivity index (χ1n) is 5.34. The molecule has 0 saturated heterocycles. The molecule has 0 aromatic carbocycles. The molecule has 2 rings (SSSR count). The van der Waals surface area contributed by atoms with Crippen LogP contribution in [0.1, 0.15) is 18.4 Å². The maximum atomic E-state index is 5.04. The first-order valence-corrected chi connectivity index (χ1v) is 7.04. The molecule has 0 spiro atoms. The van der Waals surface area contributed by atoms with Crippen LogP contribution in [0.15, 0.2) is 5.38 Å². The van der Waals surface area contributed by atoms with Crippen molar-refractivity contribution in [3.05, 3.63) is 10.4 Å². The third-order valence-corrected chi connectivity index (χ3v) is 3.72. The van der Waals surface area contributed by atoms with Crippen LogP contribution in [0, 0.1) is 0 Å². The number of hydrogen-bond acceptors (Lipinski definition) is 7. The monoisotopic (exact) mass is 270 g/mol. The van der Waals surface area contributed by atoms with E-state index in [4.69, 9.17) is 4.74 Å². The molecule has 1 N–H and O–H groups in total. The molecule has 0 aliphatic heterocycles. The highest BCUT2D eigenvalue weighted by Gasteiger charge is 2.10. The number of thiazole rings is 1. The van der Waals surface area contributed by atoms with E-state index in [1.54, 1.807) is 18.4 Å². The van der Waals surface area contributed by atoms with Crippen LogP contribution in [0.5, 0.6) is 0 Å². The third-order valence-electron chi connectivity index (χ3n) is 1.99. The third kappa shape index (κ3) is 3.21. The van der Waals surface area contributed by atoms with Gasteiger partial charge in [-0.3, -0.25) is 0 Å². The van der Waals surface area contributed by atoms with Crippen molar-refractivity contribution in [1.29, 1.82) is 0 Å². The summed E-state index contributed by atoms with van der Waals surface area (Å²) >= 11 is 3.11. The predicted molar refractivity (Wildman–Crippen MR) is 70.5 cm³/mol. The predicted octanol–water partition coefficient (Wildman–Crippen LogP) is 2.63. The van der Waals surface area contributed by atoms with E-state index in [1.807, 2.05) is 5.38 Å². The molecule has 2 aromatic heterocycles. The fraction of sp³-hybridized carbons (Fsp3) is 0.500. The Morgan fingerprint density at radius 2 is 2.29 bits per heavy atom. The van der Waals surface area contributed by atoms with Gasteiger partial charge in [-0.25, -0.2) is 4.98 Å². The van der Waals surface area contributed by atoms with Gasteiger partial charge in [0.05, 0.1) is 6.61 Å². The Kier molecular flexibility index (Phi) is 4.41. The summed E-state index contributed by atoms with van der Waals surface area (Å²) in [6.45, 7) is 3.58. The maximum Gasteiger partial charge on any atom is 0.206 e. The van der Waals surface area contributed by atoms with Gasteiger partial charge in [0.2, 0.25) is 5.13 Å². The minimum atomic E-state index is 0.546. The zero-order chi connectivity index (χ0) is 12.1. The summed E-state index contributed by atoms with van der Waals surface area (Å²) in [6, 6.07) is 0. The smallest absolute Gasteiger partial charge is 0.206 e. The molecule has 0 fully saturated rings. The van der Waals surface area contributed by atoms with Crippen LogP contribution < -0.4 is 5.32 Å². The van der Waals surface area contributed by atoms with Crippen LogP contribution in [0.2, 0.25) is 0 Å². The molecule has 0 unspecified atom stereocenters. The summed E-state index contributed by atoms with van der Waals surface area (Å²) in [4.78, 5) is 4.44. The van der Waals surface area contributed by atoms with E-state index < -0.39 is 0 Å². The molecule has 92 valence electrons. The Hall–Kier alpha value is -1.05. The van der Waals surface area contributed by atoms with Gasteiger partial charge in [-0.2, -0.15) is 0 Å².